The van der Waals surface area contributed by atoms with Crippen molar-refractivity contribution in [3.8, 4) is 0 Å². The summed E-state index contributed by atoms with van der Waals surface area (Å²) in [6.07, 6.45) is 13.7. The van der Waals surface area contributed by atoms with E-state index in [4.69, 9.17) is 0 Å². The zero-order valence-electron chi connectivity index (χ0n) is 19.7. The normalized spacial score (nSPS) is 38.8. The Kier molecular flexibility index (Phi) is 7.37. The van der Waals surface area contributed by atoms with Crippen LogP contribution in [0.3, 0.4) is 0 Å². The Morgan fingerprint density at radius 1 is 1.17 bits per heavy atom. The van der Waals surface area contributed by atoms with Gasteiger partial charge in [-0.2, -0.15) is 0 Å². The van der Waals surface area contributed by atoms with Gasteiger partial charge in [-0.25, -0.2) is 0 Å². The van der Waals surface area contributed by atoms with Crippen molar-refractivity contribution in [2.75, 3.05) is 0 Å². The molecule has 0 aromatic carbocycles. The lowest BCUT2D eigenvalue weighted by atomic mass is 9.60. The number of aliphatic hydroxyl groups excluding tert-OH is 2. The first kappa shape index (κ1) is 23.8. The van der Waals surface area contributed by atoms with E-state index in [1.165, 1.54) is 38.5 Å². The van der Waals surface area contributed by atoms with Gasteiger partial charge in [-0.05, 0) is 86.7 Å². The Morgan fingerprint density at radius 2 is 1.87 bits per heavy atom. The second-order valence-electron chi connectivity index (χ2n) is 11.4. The van der Waals surface area contributed by atoms with E-state index in [-0.39, 0.29) is 0 Å². The molecule has 3 nitrogen and oxygen atoms in total. The van der Waals surface area contributed by atoms with Gasteiger partial charge >= 0.3 is 0 Å². The van der Waals surface area contributed by atoms with Crippen LogP contribution >= 0.6 is 0 Å². The maximum Gasteiger partial charge on any atom is 0.0842 e. The van der Waals surface area contributed by atoms with Crippen molar-refractivity contribution in [3.63, 3.8) is 0 Å². The maximum atomic E-state index is 10.0. The standard InChI is InChI=1S/C27H44O3/c1-18(8-6-14-26(3,4)30)22-12-13-23-20(9-7-15-27(22,23)5)10-11-21-17-25(29)24(28)16-19(21)2/h10-11,18,22-25,28-30H,2,6-9,12-17H2,1,3-5H3/b20-10+,21-11-/t18-,22?,23?,24+,25-,27?/m1/s1. The van der Waals surface area contributed by atoms with Gasteiger partial charge in [-0.3, -0.25) is 0 Å². The molecular weight excluding hydrogens is 372 g/mol. The van der Waals surface area contributed by atoms with E-state index in [2.05, 4.69) is 32.6 Å². The molecule has 170 valence electrons. The molecule has 3 aliphatic rings. The van der Waals surface area contributed by atoms with E-state index < -0.39 is 17.8 Å². The average Bonchev–Trinajstić information content (AvgIpc) is 3.00. The van der Waals surface area contributed by atoms with Crippen LogP contribution in [-0.4, -0.2) is 33.1 Å². The molecule has 3 fully saturated rings. The van der Waals surface area contributed by atoms with Crippen LogP contribution in [0, 0.1) is 23.2 Å². The number of rotatable bonds is 6. The third-order valence-corrected chi connectivity index (χ3v) is 8.45. The summed E-state index contributed by atoms with van der Waals surface area (Å²) in [5, 5.41) is 29.9. The van der Waals surface area contributed by atoms with Crippen LogP contribution < -0.4 is 0 Å². The second kappa shape index (κ2) is 9.30. The maximum absolute atomic E-state index is 10.0. The number of hydrogen-bond acceptors (Lipinski definition) is 3. The van der Waals surface area contributed by atoms with Crippen LogP contribution in [-0.2, 0) is 0 Å². The summed E-state index contributed by atoms with van der Waals surface area (Å²) in [5.41, 5.74) is 3.48. The molecule has 0 spiro atoms. The number of allylic oxidation sites excluding steroid dienone is 3. The van der Waals surface area contributed by atoms with Crippen molar-refractivity contribution < 1.29 is 15.3 Å². The highest BCUT2D eigenvalue weighted by atomic mass is 16.3. The van der Waals surface area contributed by atoms with E-state index in [9.17, 15) is 15.3 Å². The van der Waals surface area contributed by atoms with E-state index >= 15 is 0 Å². The molecule has 0 amide bonds. The predicted molar refractivity (Wildman–Crippen MR) is 124 cm³/mol. The van der Waals surface area contributed by atoms with Crippen molar-refractivity contribution in [2.45, 2.75) is 110 Å². The first-order valence-corrected chi connectivity index (χ1v) is 12.2. The van der Waals surface area contributed by atoms with Gasteiger partial charge in [-0.15, -0.1) is 0 Å². The summed E-state index contributed by atoms with van der Waals surface area (Å²) in [6, 6.07) is 0. The molecule has 3 unspecified atom stereocenters. The fourth-order valence-electron chi connectivity index (χ4n) is 6.69. The van der Waals surface area contributed by atoms with Crippen molar-refractivity contribution in [1.29, 1.82) is 0 Å². The van der Waals surface area contributed by atoms with Gasteiger partial charge in [-0.1, -0.05) is 51.0 Å². The fourth-order valence-corrected chi connectivity index (χ4v) is 6.69. The highest BCUT2D eigenvalue weighted by Crippen LogP contribution is 2.60. The summed E-state index contributed by atoms with van der Waals surface area (Å²) in [5.74, 6) is 2.13. The van der Waals surface area contributed by atoms with Crippen LogP contribution in [0.15, 0.2) is 35.5 Å². The van der Waals surface area contributed by atoms with Crippen LogP contribution in [0.5, 0.6) is 0 Å². The SMILES string of the molecule is C=C1C[C@H](O)[C@H](O)C/C1=C/C=C1\CCCC2(C)C1CCC2[C@H](C)CCCC(C)(C)O. The molecule has 30 heavy (non-hydrogen) atoms. The van der Waals surface area contributed by atoms with Crippen molar-refractivity contribution in [1.82, 2.24) is 0 Å². The Balaban J connectivity index is 1.69. The molecule has 0 saturated heterocycles. The van der Waals surface area contributed by atoms with Crippen molar-refractivity contribution in [3.05, 3.63) is 35.5 Å². The molecule has 0 heterocycles. The summed E-state index contributed by atoms with van der Waals surface area (Å²) in [7, 11) is 0. The number of aliphatic hydroxyl groups is 3. The largest absolute Gasteiger partial charge is 0.390 e. The van der Waals surface area contributed by atoms with E-state index in [1.807, 2.05) is 13.8 Å². The van der Waals surface area contributed by atoms with Crippen molar-refractivity contribution in [2.24, 2.45) is 23.2 Å². The highest BCUT2D eigenvalue weighted by molar-refractivity contribution is 5.37. The average molecular weight is 417 g/mol. The summed E-state index contributed by atoms with van der Waals surface area (Å²) < 4.78 is 0. The Bertz CT molecular complexity index is 683. The molecule has 6 atom stereocenters. The lowest BCUT2D eigenvalue weighted by molar-refractivity contribution is 0.0138. The van der Waals surface area contributed by atoms with Gasteiger partial charge in [0.25, 0.3) is 0 Å². The minimum absolute atomic E-state index is 0.385. The molecule has 0 aromatic heterocycles. The summed E-state index contributed by atoms with van der Waals surface area (Å²) in [6.45, 7) is 12.9. The Labute approximate surface area is 184 Å². The first-order valence-electron chi connectivity index (χ1n) is 12.2. The molecular formula is C27H44O3. The van der Waals surface area contributed by atoms with E-state index in [0.717, 1.165) is 29.9 Å². The lowest BCUT2D eigenvalue weighted by Crippen LogP contribution is -2.36. The Morgan fingerprint density at radius 3 is 2.57 bits per heavy atom. The van der Waals surface area contributed by atoms with Crippen LogP contribution in [0.2, 0.25) is 0 Å². The molecule has 3 aliphatic carbocycles. The predicted octanol–water partition coefficient (Wildman–Crippen LogP) is 5.70. The van der Waals surface area contributed by atoms with Gasteiger partial charge in [0.05, 0.1) is 17.8 Å². The number of hydrogen-bond donors (Lipinski definition) is 3. The van der Waals surface area contributed by atoms with Gasteiger partial charge in [0.2, 0.25) is 0 Å². The second-order valence-corrected chi connectivity index (χ2v) is 11.4. The molecule has 3 saturated carbocycles. The monoisotopic (exact) mass is 416 g/mol. The van der Waals surface area contributed by atoms with Gasteiger partial charge in [0.15, 0.2) is 0 Å². The van der Waals surface area contributed by atoms with E-state index in [0.29, 0.717) is 30.1 Å². The minimum Gasteiger partial charge on any atom is -0.390 e. The first-order chi connectivity index (χ1) is 14.0. The molecule has 0 aromatic rings. The third-order valence-electron chi connectivity index (χ3n) is 8.45. The zero-order valence-corrected chi connectivity index (χ0v) is 19.7. The van der Waals surface area contributed by atoms with Crippen molar-refractivity contribution >= 4 is 0 Å². The lowest BCUT2D eigenvalue weighted by Gasteiger charge is -2.44. The molecule has 3 rings (SSSR count). The molecule has 0 radical (unpaired) electrons. The third kappa shape index (κ3) is 5.29. The summed E-state index contributed by atoms with van der Waals surface area (Å²) in [4.78, 5) is 0. The fraction of sp³-hybridized carbons (Fsp3) is 0.778. The molecule has 3 N–H and O–H groups in total. The molecule has 0 aliphatic heterocycles. The topological polar surface area (TPSA) is 60.7 Å². The zero-order chi connectivity index (χ0) is 22.1. The van der Waals surface area contributed by atoms with Crippen LogP contribution in [0.25, 0.3) is 0 Å². The summed E-state index contributed by atoms with van der Waals surface area (Å²) >= 11 is 0. The Hall–Kier alpha value is -0.900. The smallest absolute Gasteiger partial charge is 0.0842 e. The van der Waals surface area contributed by atoms with Crippen LogP contribution in [0.1, 0.15) is 91.9 Å². The van der Waals surface area contributed by atoms with E-state index in [1.54, 1.807) is 5.57 Å². The van der Waals surface area contributed by atoms with Gasteiger partial charge in [0, 0.05) is 12.8 Å². The highest BCUT2D eigenvalue weighted by Gasteiger charge is 2.50. The van der Waals surface area contributed by atoms with Crippen LogP contribution in [0.4, 0.5) is 0 Å². The molecule has 0 bridgehead atoms. The minimum atomic E-state index is -0.672. The van der Waals surface area contributed by atoms with Gasteiger partial charge < -0.3 is 15.3 Å². The quantitative estimate of drug-likeness (QED) is 0.520. The number of fused-ring (bicyclic) bond motifs is 1. The van der Waals surface area contributed by atoms with Gasteiger partial charge in [0.1, 0.15) is 0 Å². The molecule has 3 heteroatoms.